The lowest BCUT2D eigenvalue weighted by atomic mass is 10.1. The molecule has 2 heterocycles. The van der Waals surface area contributed by atoms with Crippen LogP contribution in [0.5, 0.6) is 0 Å². The predicted molar refractivity (Wildman–Crippen MR) is 128 cm³/mol. The van der Waals surface area contributed by atoms with Gasteiger partial charge in [0, 0.05) is 32.9 Å². The van der Waals surface area contributed by atoms with E-state index in [1.807, 2.05) is 43.3 Å². The van der Waals surface area contributed by atoms with Crippen LogP contribution >= 0.6 is 0 Å². The van der Waals surface area contributed by atoms with Crippen molar-refractivity contribution in [1.82, 2.24) is 15.1 Å². The van der Waals surface area contributed by atoms with Gasteiger partial charge in [-0.25, -0.2) is 9.48 Å². The van der Waals surface area contributed by atoms with Crippen molar-refractivity contribution >= 4 is 23.4 Å². The Morgan fingerprint density at radius 3 is 2.28 bits per heavy atom. The summed E-state index contributed by atoms with van der Waals surface area (Å²) in [6.07, 6.45) is -4.81. The molecule has 3 aromatic rings. The fourth-order valence-electron chi connectivity index (χ4n) is 4.20. The molecule has 1 aliphatic heterocycles. The van der Waals surface area contributed by atoms with Crippen LogP contribution in [-0.2, 0) is 19.3 Å². The van der Waals surface area contributed by atoms with Gasteiger partial charge in [-0.1, -0.05) is 24.3 Å². The van der Waals surface area contributed by atoms with Gasteiger partial charge < -0.3 is 20.2 Å². The number of carbonyl (C=O) groups excluding carboxylic acids is 1. The van der Waals surface area contributed by atoms with E-state index in [0.29, 0.717) is 18.7 Å². The molecule has 0 bridgehead atoms. The zero-order valence-electron chi connectivity index (χ0n) is 20.0. The largest absolute Gasteiger partial charge is 0.478 e. The van der Waals surface area contributed by atoms with Gasteiger partial charge in [-0.15, -0.1) is 0 Å². The van der Waals surface area contributed by atoms with Crippen LogP contribution in [0.1, 0.15) is 50.5 Å². The number of aromatic nitrogens is 2. The van der Waals surface area contributed by atoms with Crippen LogP contribution in [-0.4, -0.2) is 47.4 Å². The fourth-order valence-corrected chi connectivity index (χ4v) is 4.20. The number of amides is 1. The SMILES string of the molecule is C[C@H](NC(=O)c1c(C(F)(F)F)nn2c1N(Cc1ccc(N(C)C)cc1)CC2)c1ccc(C(=O)O)cc1. The average Bonchev–Trinajstić information content (AvgIpc) is 3.39. The highest BCUT2D eigenvalue weighted by atomic mass is 19.4. The molecule has 0 saturated carbocycles. The lowest BCUT2D eigenvalue weighted by molar-refractivity contribution is -0.141. The molecule has 0 aliphatic carbocycles. The van der Waals surface area contributed by atoms with Crippen LogP contribution in [0.15, 0.2) is 48.5 Å². The van der Waals surface area contributed by atoms with Gasteiger partial charge >= 0.3 is 12.1 Å². The quantitative estimate of drug-likeness (QED) is 0.505. The third-order valence-corrected chi connectivity index (χ3v) is 6.13. The monoisotopic (exact) mass is 501 g/mol. The maximum atomic E-state index is 13.9. The molecule has 0 radical (unpaired) electrons. The molecular weight excluding hydrogens is 475 g/mol. The van der Waals surface area contributed by atoms with Gasteiger partial charge in [0.25, 0.3) is 5.91 Å². The van der Waals surface area contributed by atoms with Crippen molar-refractivity contribution in [3.05, 3.63) is 76.5 Å². The Kier molecular flexibility index (Phi) is 6.66. The Hall–Kier alpha value is -4.02. The second-order valence-electron chi connectivity index (χ2n) is 8.87. The molecule has 0 unspecified atom stereocenters. The summed E-state index contributed by atoms with van der Waals surface area (Å²) in [5.41, 5.74) is 0.774. The molecule has 0 saturated heterocycles. The number of carbonyl (C=O) groups is 2. The van der Waals surface area contributed by atoms with Crippen LogP contribution in [0.25, 0.3) is 0 Å². The van der Waals surface area contributed by atoms with Crippen LogP contribution in [0, 0.1) is 0 Å². The number of halogens is 3. The number of hydrogen-bond donors (Lipinski definition) is 2. The van der Waals surface area contributed by atoms with Crippen molar-refractivity contribution in [3.8, 4) is 0 Å². The van der Waals surface area contributed by atoms with E-state index in [2.05, 4.69) is 10.4 Å². The summed E-state index contributed by atoms with van der Waals surface area (Å²) in [6, 6.07) is 12.8. The van der Waals surface area contributed by atoms with E-state index in [1.54, 1.807) is 11.8 Å². The third kappa shape index (κ3) is 5.00. The molecule has 190 valence electrons. The maximum Gasteiger partial charge on any atom is 0.436 e. The van der Waals surface area contributed by atoms with E-state index in [0.717, 1.165) is 11.3 Å². The van der Waals surface area contributed by atoms with Crippen molar-refractivity contribution in [3.63, 3.8) is 0 Å². The molecule has 11 heteroatoms. The van der Waals surface area contributed by atoms with Gasteiger partial charge in [0.2, 0.25) is 0 Å². The molecule has 1 aliphatic rings. The van der Waals surface area contributed by atoms with Gasteiger partial charge in [-0.3, -0.25) is 4.79 Å². The van der Waals surface area contributed by atoms with Crippen molar-refractivity contribution in [2.45, 2.75) is 32.2 Å². The van der Waals surface area contributed by atoms with E-state index >= 15 is 0 Å². The normalized spacial score (nSPS) is 13.9. The molecule has 36 heavy (non-hydrogen) atoms. The van der Waals surface area contributed by atoms with Gasteiger partial charge in [-0.05, 0) is 42.3 Å². The first-order chi connectivity index (χ1) is 17.0. The second kappa shape index (κ2) is 9.56. The van der Waals surface area contributed by atoms with Crippen LogP contribution < -0.4 is 15.1 Å². The van der Waals surface area contributed by atoms with E-state index in [9.17, 15) is 22.8 Å². The number of carboxylic acids is 1. The zero-order valence-corrected chi connectivity index (χ0v) is 20.0. The minimum Gasteiger partial charge on any atom is -0.478 e. The standard InChI is InChI=1S/C25H26F3N5O3/c1-15(17-6-8-18(9-7-17)24(35)36)29-22(34)20-21(25(26,27)28)30-33-13-12-32(23(20)33)14-16-4-10-19(11-5-16)31(2)3/h4-11,15H,12-14H2,1-3H3,(H,29,34)(H,35,36)/t15-/m0/s1. The van der Waals surface area contributed by atoms with E-state index < -0.39 is 35.4 Å². The van der Waals surface area contributed by atoms with Crippen LogP contribution in [0.4, 0.5) is 24.7 Å². The zero-order chi connectivity index (χ0) is 26.2. The summed E-state index contributed by atoms with van der Waals surface area (Å²) >= 11 is 0. The number of anilines is 2. The fraction of sp³-hybridized carbons (Fsp3) is 0.320. The minimum atomic E-state index is -4.81. The topological polar surface area (TPSA) is 90.7 Å². The first-order valence-electron chi connectivity index (χ1n) is 11.3. The number of rotatable bonds is 7. The minimum absolute atomic E-state index is 0.0698. The Morgan fingerprint density at radius 2 is 1.72 bits per heavy atom. The maximum absolute atomic E-state index is 13.9. The van der Waals surface area contributed by atoms with Crippen molar-refractivity contribution < 1.29 is 27.9 Å². The number of nitrogens with zero attached hydrogens (tertiary/aromatic N) is 4. The third-order valence-electron chi connectivity index (χ3n) is 6.13. The van der Waals surface area contributed by atoms with E-state index in [1.165, 1.54) is 28.9 Å². The molecule has 1 amide bonds. The summed E-state index contributed by atoms with van der Waals surface area (Å²) in [7, 11) is 3.83. The number of carboxylic acid groups (broad SMARTS) is 1. The van der Waals surface area contributed by atoms with Crippen molar-refractivity contribution in [1.29, 1.82) is 0 Å². The number of alkyl halides is 3. The molecule has 8 nitrogen and oxygen atoms in total. The first-order valence-corrected chi connectivity index (χ1v) is 11.3. The van der Waals surface area contributed by atoms with Gasteiger partial charge in [-0.2, -0.15) is 18.3 Å². The lowest BCUT2D eigenvalue weighted by Crippen LogP contribution is -2.31. The van der Waals surface area contributed by atoms with Gasteiger partial charge in [0.1, 0.15) is 11.4 Å². The summed E-state index contributed by atoms with van der Waals surface area (Å²) in [5, 5.41) is 15.4. The Morgan fingerprint density at radius 1 is 1.08 bits per heavy atom. The Bertz CT molecular complexity index is 1270. The Balaban J connectivity index is 1.62. The summed E-state index contributed by atoms with van der Waals surface area (Å²) < 4.78 is 42.9. The number of hydrogen-bond acceptors (Lipinski definition) is 5. The van der Waals surface area contributed by atoms with Gasteiger partial charge in [0.05, 0.1) is 18.2 Å². The smallest absolute Gasteiger partial charge is 0.436 e. The molecule has 1 atom stereocenters. The van der Waals surface area contributed by atoms with Crippen molar-refractivity contribution in [2.24, 2.45) is 0 Å². The van der Waals surface area contributed by atoms with Crippen LogP contribution in [0.2, 0.25) is 0 Å². The number of fused-ring (bicyclic) bond motifs is 1. The Labute approximate surface area is 205 Å². The predicted octanol–water partition coefficient (Wildman–Crippen LogP) is 4.18. The summed E-state index contributed by atoms with van der Waals surface area (Å²) in [6.45, 7) is 2.59. The molecule has 2 aromatic carbocycles. The highest BCUT2D eigenvalue weighted by molar-refractivity contribution is 6.01. The molecule has 0 fully saturated rings. The summed E-state index contributed by atoms with van der Waals surface area (Å²) in [4.78, 5) is 28.0. The average molecular weight is 502 g/mol. The molecule has 2 N–H and O–H groups in total. The molecule has 0 spiro atoms. The highest BCUT2D eigenvalue weighted by Crippen LogP contribution is 2.38. The summed E-state index contributed by atoms with van der Waals surface area (Å²) in [5.74, 6) is -1.86. The molecular formula is C25H26F3N5O3. The van der Waals surface area contributed by atoms with Crippen molar-refractivity contribution in [2.75, 3.05) is 30.4 Å². The number of benzene rings is 2. The van der Waals surface area contributed by atoms with Crippen LogP contribution in [0.3, 0.4) is 0 Å². The lowest BCUT2D eigenvalue weighted by Gasteiger charge is -2.21. The highest BCUT2D eigenvalue weighted by Gasteiger charge is 2.44. The van der Waals surface area contributed by atoms with Gasteiger partial charge in [0.15, 0.2) is 5.69 Å². The van der Waals surface area contributed by atoms with E-state index in [-0.39, 0.29) is 17.9 Å². The number of nitrogens with one attached hydrogen (secondary N) is 1. The molecule has 4 rings (SSSR count). The first kappa shape index (κ1) is 25.1. The molecule has 1 aromatic heterocycles. The second-order valence-corrected chi connectivity index (χ2v) is 8.87. The van der Waals surface area contributed by atoms with E-state index in [4.69, 9.17) is 5.11 Å². The number of aromatic carboxylic acids is 1.